The van der Waals surface area contributed by atoms with Gasteiger partial charge in [-0.15, -0.1) is 0 Å². The van der Waals surface area contributed by atoms with Crippen molar-refractivity contribution >= 4 is 21.9 Å². The first-order valence-electron chi connectivity index (χ1n) is 5.99. The van der Waals surface area contributed by atoms with Gasteiger partial charge in [0.1, 0.15) is 18.0 Å². The second-order valence-electron chi connectivity index (χ2n) is 4.21. The summed E-state index contributed by atoms with van der Waals surface area (Å²) in [7, 11) is 1.43. The van der Waals surface area contributed by atoms with Crippen LogP contribution in [0, 0.1) is 5.82 Å². The van der Waals surface area contributed by atoms with E-state index >= 15 is 0 Å². The molecule has 110 valence electrons. The number of aromatic carboxylic acids is 1. The lowest BCUT2D eigenvalue weighted by molar-refractivity contribution is 0.0690. The molecule has 0 bridgehead atoms. The van der Waals surface area contributed by atoms with Gasteiger partial charge in [-0.3, -0.25) is 0 Å². The van der Waals surface area contributed by atoms with E-state index in [1.165, 1.54) is 25.3 Å². The standard InChI is InChI=1S/C15H12BrFO4/c1-20-13-7-10(16)6-12(15(18)19)14(13)21-8-9-2-4-11(17)5-3-9/h2-7H,8H2,1H3,(H,18,19). The van der Waals surface area contributed by atoms with Gasteiger partial charge in [-0.25, -0.2) is 9.18 Å². The molecule has 0 unspecified atom stereocenters. The minimum Gasteiger partial charge on any atom is -0.493 e. The van der Waals surface area contributed by atoms with Crippen LogP contribution in [0.2, 0.25) is 0 Å². The number of benzene rings is 2. The molecule has 2 aromatic carbocycles. The van der Waals surface area contributed by atoms with Gasteiger partial charge in [0.25, 0.3) is 0 Å². The summed E-state index contributed by atoms with van der Waals surface area (Å²) in [5.74, 6) is -1.02. The Hall–Kier alpha value is -2.08. The van der Waals surface area contributed by atoms with Crippen molar-refractivity contribution in [1.82, 2.24) is 0 Å². The summed E-state index contributed by atoms with van der Waals surface area (Å²) < 4.78 is 24.1. The zero-order valence-corrected chi connectivity index (χ0v) is 12.7. The number of hydrogen-bond donors (Lipinski definition) is 1. The van der Waals surface area contributed by atoms with Crippen molar-refractivity contribution in [2.24, 2.45) is 0 Å². The topological polar surface area (TPSA) is 55.8 Å². The Balaban J connectivity index is 2.29. The highest BCUT2D eigenvalue weighted by Gasteiger charge is 2.18. The fourth-order valence-corrected chi connectivity index (χ4v) is 2.20. The Morgan fingerprint density at radius 2 is 1.95 bits per heavy atom. The third-order valence-corrected chi connectivity index (χ3v) is 3.22. The first kappa shape index (κ1) is 15.3. The monoisotopic (exact) mass is 354 g/mol. The number of carboxylic acid groups (broad SMARTS) is 1. The molecule has 0 aliphatic carbocycles. The molecule has 0 atom stereocenters. The lowest BCUT2D eigenvalue weighted by Crippen LogP contribution is -2.05. The predicted octanol–water partition coefficient (Wildman–Crippen LogP) is 3.87. The molecule has 0 fully saturated rings. The number of hydrogen-bond acceptors (Lipinski definition) is 3. The lowest BCUT2D eigenvalue weighted by atomic mass is 10.2. The number of carbonyl (C=O) groups is 1. The SMILES string of the molecule is COc1cc(Br)cc(C(=O)O)c1OCc1ccc(F)cc1. The Bertz CT molecular complexity index is 655. The fraction of sp³-hybridized carbons (Fsp3) is 0.133. The summed E-state index contributed by atoms with van der Waals surface area (Å²) >= 11 is 3.22. The van der Waals surface area contributed by atoms with Crippen molar-refractivity contribution in [1.29, 1.82) is 0 Å². The van der Waals surface area contributed by atoms with E-state index in [2.05, 4.69) is 15.9 Å². The Morgan fingerprint density at radius 3 is 2.52 bits per heavy atom. The number of ether oxygens (including phenoxy) is 2. The Labute approximate surface area is 129 Å². The van der Waals surface area contributed by atoms with Crippen molar-refractivity contribution < 1.29 is 23.8 Å². The first-order chi connectivity index (χ1) is 10.0. The van der Waals surface area contributed by atoms with Gasteiger partial charge < -0.3 is 14.6 Å². The third-order valence-electron chi connectivity index (χ3n) is 2.77. The molecule has 0 amide bonds. The quantitative estimate of drug-likeness (QED) is 0.885. The molecule has 2 aromatic rings. The normalized spacial score (nSPS) is 10.2. The molecule has 1 N–H and O–H groups in total. The zero-order chi connectivity index (χ0) is 15.4. The van der Waals surface area contributed by atoms with Gasteiger partial charge in [0.15, 0.2) is 11.5 Å². The summed E-state index contributed by atoms with van der Waals surface area (Å²) in [6.45, 7) is 0.110. The molecule has 0 saturated heterocycles. The van der Waals surface area contributed by atoms with Crippen LogP contribution in [0.1, 0.15) is 15.9 Å². The number of rotatable bonds is 5. The van der Waals surface area contributed by atoms with Crippen LogP contribution in [0.3, 0.4) is 0 Å². The molecule has 0 heterocycles. The van der Waals surface area contributed by atoms with Gasteiger partial charge in [-0.1, -0.05) is 28.1 Å². The number of halogens is 2. The van der Waals surface area contributed by atoms with Gasteiger partial charge in [-0.2, -0.15) is 0 Å². The van der Waals surface area contributed by atoms with E-state index in [1.54, 1.807) is 18.2 Å². The summed E-state index contributed by atoms with van der Waals surface area (Å²) in [4.78, 5) is 11.3. The van der Waals surface area contributed by atoms with E-state index in [4.69, 9.17) is 9.47 Å². The molecule has 0 spiro atoms. The van der Waals surface area contributed by atoms with Crippen LogP contribution in [0.4, 0.5) is 4.39 Å². The Morgan fingerprint density at radius 1 is 1.29 bits per heavy atom. The van der Waals surface area contributed by atoms with E-state index in [9.17, 15) is 14.3 Å². The van der Waals surface area contributed by atoms with Gasteiger partial charge in [0.2, 0.25) is 0 Å². The Kier molecular flexibility index (Phi) is 4.80. The van der Waals surface area contributed by atoms with Gasteiger partial charge in [0, 0.05) is 4.47 Å². The fourth-order valence-electron chi connectivity index (χ4n) is 1.76. The molecular weight excluding hydrogens is 343 g/mol. The summed E-state index contributed by atoms with van der Waals surface area (Å²) in [6.07, 6.45) is 0. The molecule has 0 radical (unpaired) electrons. The molecule has 2 rings (SSSR count). The highest BCUT2D eigenvalue weighted by atomic mass is 79.9. The first-order valence-corrected chi connectivity index (χ1v) is 6.78. The van der Waals surface area contributed by atoms with Crippen molar-refractivity contribution in [2.45, 2.75) is 6.61 Å². The van der Waals surface area contributed by atoms with Crippen molar-refractivity contribution in [3.8, 4) is 11.5 Å². The maximum absolute atomic E-state index is 12.8. The molecular formula is C15H12BrFO4. The highest BCUT2D eigenvalue weighted by molar-refractivity contribution is 9.10. The van der Waals surface area contributed by atoms with Crippen molar-refractivity contribution in [2.75, 3.05) is 7.11 Å². The molecule has 6 heteroatoms. The number of carboxylic acids is 1. The second kappa shape index (κ2) is 6.58. The summed E-state index contributed by atoms with van der Waals surface area (Å²) in [5.41, 5.74) is 0.709. The smallest absolute Gasteiger partial charge is 0.339 e. The van der Waals surface area contributed by atoms with Gasteiger partial charge in [-0.05, 0) is 29.8 Å². The highest BCUT2D eigenvalue weighted by Crippen LogP contribution is 2.35. The molecule has 0 aromatic heterocycles. The van der Waals surface area contributed by atoms with E-state index in [0.29, 0.717) is 10.2 Å². The van der Waals surface area contributed by atoms with Crippen LogP contribution in [-0.4, -0.2) is 18.2 Å². The lowest BCUT2D eigenvalue weighted by Gasteiger charge is -2.14. The second-order valence-corrected chi connectivity index (χ2v) is 5.12. The molecule has 0 aliphatic heterocycles. The average molecular weight is 355 g/mol. The largest absolute Gasteiger partial charge is 0.493 e. The van der Waals surface area contributed by atoms with E-state index < -0.39 is 5.97 Å². The predicted molar refractivity (Wildman–Crippen MR) is 78.4 cm³/mol. The summed E-state index contributed by atoms with van der Waals surface area (Å²) in [5, 5.41) is 9.24. The van der Waals surface area contributed by atoms with Crippen LogP contribution >= 0.6 is 15.9 Å². The minimum absolute atomic E-state index is 0.0108. The van der Waals surface area contributed by atoms with E-state index in [1.807, 2.05) is 0 Å². The maximum Gasteiger partial charge on any atom is 0.339 e. The molecule has 21 heavy (non-hydrogen) atoms. The average Bonchev–Trinajstić information content (AvgIpc) is 2.46. The number of methoxy groups -OCH3 is 1. The molecule has 0 saturated carbocycles. The van der Waals surface area contributed by atoms with Gasteiger partial charge in [0.05, 0.1) is 7.11 Å². The maximum atomic E-state index is 12.8. The van der Waals surface area contributed by atoms with Crippen LogP contribution in [-0.2, 0) is 6.61 Å². The van der Waals surface area contributed by atoms with E-state index in [-0.39, 0.29) is 23.7 Å². The molecule has 4 nitrogen and oxygen atoms in total. The van der Waals surface area contributed by atoms with E-state index in [0.717, 1.165) is 5.56 Å². The van der Waals surface area contributed by atoms with Crippen LogP contribution in [0.5, 0.6) is 11.5 Å². The summed E-state index contributed by atoms with van der Waals surface area (Å²) in [6, 6.07) is 8.82. The van der Waals surface area contributed by atoms with Crippen LogP contribution < -0.4 is 9.47 Å². The van der Waals surface area contributed by atoms with Gasteiger partial charge >= 0.3 is 5.97 Å². The zero-order valence-electron chi connectivity index (χ0n) is 11.1. The van der Waals surface area contributed by atoms with Crippen molar-refractivity contribution in [3.05, 3.63) is 57.8 Å². The van der Waals surface area contributed by atoms with Crippen molar-refractivity contribution in [3.63, 3.8) is 0 Å². The molecule has 0 aliphatic rings. The van der Waals surface area contributed by atoms with Crippen LogP contribution in [0.25, 0.3) is 0 Å². The van der Waals surface area contributed by atoms with Crippen LogP contribution in [0.15, 0.2) is 40.9 Å². The minimum atomic E-state index is -1.12. The third kappa shape index (κ3) is 3.72.